The molecule has 2 heterocycles. The maximum atomic E-state index is 11.8. The Kier molecular flexibility index (Phi) is 3.66. The minimum Gasteiger partial charge on any atom is -0.477 e. The molecule has 2 N–H and O–H groups in total. The van der Waals surface area contributed by atoms with Crippen LogP contribution in [-0.2, 0) is 0 Å². The first-order chi connectivity index (χ1) is 8.99. The average Bonchev–Trinajstić information content (AvgIpc) is 2.96. The molecule has 0 saturated heterocycles. The van der Waals surface area contributed by atoms with Crippen LogP contribution in [0.1, 0.15) is 43.7 Å². The molecule has 2 rings (SSSR count). The molecule has 0 aliphatic rings. The lowest BCUT2D eigenvalue weighted by atomic mass is 10.3. The van der Waals surface area contributed by atoms with Crippen molar-refractivity contribution in [2.45, 2.75) is 19.9 Å². The van der Waals surface area contributed by atoms with E-state index < -0.39 is 5.97 Å². The third-order valence-corrected chi connectivity index (χ3v) is 3.84. The Bertz CT molecular complexity index is 603. The molecular weight excluding hydrogens is 268 g/mol. The predicted molar refractivity (Wildman–Crippen MR) is 68.4 cm³/mol. The van der Waals surface area contributed by atoms with E-state index in [1.54, 1.807) is 19.9 Å². The van der Waals surface area contributed by atoms with E-state index in [1.807, 2.05) is 0 Å². The number of hydrogen-bond acceptors (Lipinski definition) is 5. The summed E-state index contributed by atoms with van der Waals surface area (Å²) in [6, 6.07) is 1.19. The number of carbonyl (C=O) groups is 2. The number of carbonyl (C=O) groups excluding carboxylic acids is 1. The van der Waals surface area contributed by atoms with Gasteiger partial charge in [0.15, 0.2) is 0 Å². The van der Waals surface area contributed by atoms with Crippen LogP contribution >= 0.6 is 11.3 Å². The number of furan rings is 1. The second kappa shape index (κ2) is 5.23. The highest BCUT2D eigenvalue weighted by Crippen LogP contribution is 2.23. The van der Waals surface area contributed by atoms with Crippen molar-refractivity contribution in [1.82, 2.24) is 10.3 Å². The Labute approximate surface area is 113 Å². The Hall–Kier alpha value is -2.15. The zero-order valence-electron chi connectivity index (χ0n) is 10.3. The number of rotatable bonds is 4. The zero-order chi connectivity index (χ0) is 14.0. The normalized spacial score (nSPS) is 12.1. The number of aryl methyl sites for hydroxylation is 1. The highest BCUT2D eigenvalue weighted by atomic mass is 32.1. The van der Waals surface area contributed by atoms with Gasteiger partial charge in [-0.05, 0) is 19.9 Å². The van der Waals surface area contributed by atoms with E-state index >= 15 is 0 Å². The Morgan fingerprint density at radius 1 is 1.53 bits per heavy atom. The average molecular weight is 280 g/mol. The highest BCUT2D eigenvalue weighted by molar-refractivity contribution is 7.13. The maximum Gasteiger partial charge on any atom is 0.347 e. The molecule has 1 unspecified atom stereocenters. The molecule has 0 saturated carbocycles. The van der Waals surface area contributed by atoms with Gasteiger partial charge in [-0.1, -0.05) is 0 Å². The van der Waals surface area contributed by atoms with E-state index in [2.05, 4.69) is 10.3 Å². The zero-order valence-corrected chi connectivity index (χ0v) is 11.2. The van der Waals surface area contributed by atoms with Crippen LogP contribution in [0, 0.1) is 6.92 Å². The topological polar surface area (TPSA) is 92.4 Å². The fraction of sp³-hybridized carbons (Fsp3) is 0.250. The smallest absolute Gasteiger partial charge is 0.347 e. The van der Waals surface area contributed by atoms with Crippen molar-refractivity contribution in [1.29, 1.82) is 0 Å². The van der Waals surface area contributed by atoms with E-state index in [4.69, 9.17) is 9.52 Å². The van der Waals surface area contributed by atoms with E-state index in [-0.39, 0.29) is 16.8 Å². The van der Waals surface area contributed by atoms with Gasteiger partial charge in [-0.3, -0.25) is 4.79 Å². The van der Waals surface area contributed by atoms with Crippen LogP contribution in [0.3, 0.4) is 0 Å². The van der Waals surface area contributed by atoms with Crippen molar-refractivity contribution in [2.75, 3.05) is 0 Å². The van der Waals surface area contributed by atoms with Crippen molar-refractivity contribution in [3.05, 3.63) is 39.7 Å². The van der Waals surface area contributed by atoms with Crippen LogP contribution in [0.4, 0.5) is 0 Å². The number of amides is 1. The number of thiazole rings is 1. The molecule has 19 heavy (non-hydrogen) atoms. The second-order valence-electron chi connectivity index (χ2n) is 3.98. The first-order valence-corrected chi connectivity index (χ1v) is 6.34. The summed E-state index contributed by atoms with van der Waals surface area (Å²) in [6.45, 7) is 3.38. The van der Waals surface area contributed by atoms with E-state index in [1.165, 1.54) is 12.5 Å². The standard InChI is InChI=1S/C12H12N2O4S/c1-6-9(12(16)17)19-11(14-6)7(2)13-10(15)8-3-4-18-5-8/h3-5,7H,1-2H3,(H,13,15)(H,16,17). The van der Waals surface area contributed by atoms with Crippen molar-refractivity contribution in [2.24, 2.45) is 0 Å². The van der Waals surface area contributed by atoms with Crippen LogP contribution in [0.15, 0.2) is 23.0 Å². The second-order valence-corrected chi connectivity index (χ2v) is 5.01. The number of aromatic nitrogens is 1. The van der Waals surface area contributed by atoms with Gasteiger partial charge in [-0.15, -0.1) is 11.3 Å². The molecule has 2 aromatic heterocycles. The van der Waals surface area contributed by atoms with Crippen LogP contribution in [0.5, 0.6) is 0 Å². The molecule has 7 heteroatoms. The summed E-state index contributed by atoms with van der Waals surface area (Å²) < 4.78 is 4.83. The van der Waals surface area contributed by atoms with Gasteiger partial charge in [-0.2, -0.15) is 0 Å². The molecule has 1 amide bonds. The maximum absolute atomic E-state index is 11.8. The van der Waals surface area contributed by atoms with Gasteiger partial charge in [0.1, 0.15) is 16.1 Å². The van der Waals surface area contributed by atoms with Crippen molar-refractivity contribution in [3.63, 3.8) is 0 Å². The number of nitrogens with zero attached hydrogens (tertiary/aromatic N) is 1. The predicted octanol–water partition coefficient (Wildman–Crippen LogP) is 2.23. The molecule has 6 nitrogen and oxygen atoms in total. The molecular formula is C12H12N2O4S. The molecule has 0 aromatic carbocycles. The van der Waals surface area contributed by atoms with Gasteiger partial charge < -0.3 is 14.8 Å². The first-order valence-electron chi connectivity index (χ1n) is 5.52. The lowest BCUT2D eigenvalue weighted by molar-refractivity contribution is 0.0701. The van der Waals surface area contributed by atoms with Crippen LogP contribution in [0.2, 0.25) is 0 Å². The summed E-state index contributed by atoms with van der Waals surface area (Å²) in [7, 11) is 0. The summed E-state index contributed by atoms with van der Waals surface area (Å²) in [5.41, 5.74) is 0.871. The Balaban J connectivity index is 2.12. The van der Waals surface area contributed by atoms with Crippen molar-refractivity contribution in [3.8, 4) is 0 Å². The monoisotopic (exact) mass is 280 g/mol. The number of carboxylic acids is 1. The van der Waals surface area contributed by atoms with Gasteiger partial charge in [0.25, 0.3) is 5.91 Å². The number of aromatic carboxylic acids is 1. The van der Waals surface area contributed by atoms with Gasteiger partial charge >= 0.3 is 5.97 Å². The SMILES string of the molecule is Cc1nc(C(C)NC(=O)c2ccoc2)sc1C(=O)O. The van der Waals surface area contributed by atoms with E-state index in [0.717, 1.165) is 11.3 Å². The summed E-state index contributed by atoms with van der Waals surface area (Å²) >= 11 is 1.07. The van der Waals surface area contributed by atoms with E-state index in [0.29, 0.717) is 16.3 Å². The third kappa shape index (κ3) is 2.82. The summed E-state index contributed by atoms with van der Waals surface area (Å²) in [6.07, 6.45) is 2.76. The molecule has 0 aliphatic heterocycles. The van der Waals surface area contributed by atoms with Crippen LogP contribution in [-0.4, -0.2) is 22.0 Å². The number of nitrogens with one attached hydrogen (secondary N) is 1. The van der Waals surface area contributed by atoms with Gasteiger partial charge in [-0.25, -0.2) is 9.78 Å². The first kappa shape index (κ1) is 13.3. The fourth-order valence-electron chi connectivity index (χ4n) is 1.54. The number of hydrogen-bond donors (Lipinski definition) is 2. The lowest BCUT2D eigenvalue weighted by Crippen LogP contribution is -2.26. The van der Waals surface area contributed by atoms with E-state index in [9.17, 15) is 9.59 Å². The van der Waals surface area contributed by atoms with Gasteiger partial charge in [0.05, 0.1) is 23.6 Å². The van der Waals surface area contributed by atoms with Crippen LogP contribution < -0.4 is 5.32 Å². The molecule has 0 fully saturated rings. The Morgan fingerprint density at radius 2 is 2.26 bits per heavy atom. The summed E-state index contributed by atoms with van der Waals surface area (Å²) in [4.78, 5) is 27.1. The minimum atomic E-state index is -1.00. The minimum absolute atomic E-state index is 0.194. The molecule has 0 bridgehead atoms. The largest absolute Gasteiger partial charge is 0.477 e. The molecule has 1 atom stereocenters. The highest BCUT2D eigenvalue weighted by Gasteiger charge is 2.19. The quantitative estimate of drug-likeness (QED) is 0.896. The summed E-state index contributed by atoms with van der Waals surface area (Å²) in [5, 5.41) is 12.3. The van der Waals surface area contributed by atoms with Crippen LogP contribution in [0.25, 0.3) is 0 Å². The van der Waals surface area contributed by atoms with Crippen molar-refractivity contribution < 1.29 is 19.1 Å². The third-order valence-electron chi connectivity index (χ3n) is 2.51. The molecule has 0 spiro atoms. The molecule has 2 aromatic rings. The lowest BCUT2D eigenvalue weighted by Gasteiger charge is -2.09. The van der Waals surface area contributed by atoms with Crippen molar-refractivity contribution >= 4 is 23.2 Å². The molecule has 100 valence electrons. The van der Waals surface area contributed by atoms with Gasteiger partial charge in [0.2, 0.25) is 0 Å². The van der Waals surface area contributed by atoms with Gasteiger partial charge in [0, 0.05) is 0 Å². The Morgan fingerprint density at radius 3 is 2.79 bits per heavy atom. The number of carboxylic acid groups (broad SMARTS) is 1. The molecule has 0 aliphatic carbocycles. The fourth-order valence-corrected chi connectivity index (χ4v) is 2.44. The molecule has 0 radical (unpaired) electrons. The summed E-state index contributed by atoms with van der Waals surface area (Å²) in [5.74, 6) is -1.29.